The molecule has 0 fully saturated rings. The van der Waals surface area contributed by atoms with Gasteiger partial charge in [-0.25, -0.2) is 0 Å². The van der Waals surface area contributed by atoms with Crippen molar-refractivity contribution in [2.75, 3.05) is 4.90 Å². The number of nitro groups is 1. The van der Waals surface area contributed by atoms with Gasteiger partial charge in [0, 0.05) is 27.0 Å². The number of carbonyl (C=O) groups is 1. The van der Waals surface area contributed by atoms with Crippen LogP contribution in [0.3, 0.4) is 0 Å². The van der Waals surface area contributed by atoms with E-state index in [1.807, 2.05) is 48.5 Å². The van der Waals surface area contributed by atoms with E-state index >= 15 is 0 Å². The molecule has 1 heterocycles. The van der Waals surface area contributed by atoms with Gasteiger partial charge in [0.15, 0.2) is 0 Å². The lowest BCUT2D eigenvalue weighted by molar-refractivity contribution is -0.385. The Morgan fingerprint density at radius 2 is 1.54 bits per heavy atom. The van der Waals surface area contributed by atoms with Crippen molar-refractivity contribution in [3.63, 3.8) is 0 Å². The summed E-state index contributed by atoms with van der Waals surface area (Å²) < 4.78 is 0. The lowest BCUT2D eigenvalue weighted by Crippen LogP contribution is -2.28. The lowest BCUT2D eigenvalue weighted by Gasteiger charge is -2.31. The Labute approximate surface area is 154 Å². The minimum atomic E-state index is -0.458. The fraction of sp³-hybridized carbons (Fsp3) is 0.0500. The van der Waals surface area contributed by atoms with Crippen LogP contribution in [0.25, 0.3) is 0 Å². The number of aryl methyl sites for hydroxylation is 1. The molecular formula is C20H14N2O3S. The van der Waals surface area contributed by atoms with Crippen molar-refractivity contribution in [3.8, 4) is 0 Å². The van der Waals surface area contributed by atoms with E-state index in [0.29, 0.717) is 11.1 Å². The largest absolute Gasteiger partial charge is 0.275 e. The second-order valence-corrected chi connectivity index (χ2v) is 7.02. The van der Waals surface area contributed by atoms with E-state index in [2.05, 4.69) is 0 Å². The molecule has 6 heteroatoms. The zero-order chi connectivity index (χ0) is 18.3. The Hall–Kier alpha value is -3.12. The summed E-state index contributed by atoms with van der Waals surface area (Å²) in [5, 5.41) is 11.2. The molecule has 128 valence electrons. The number of anilines is 2. The third-order valence-electron chi connectivity index (χ3n) is 4.29. The average Bonchev–Trinajstić information content (AvgIpc) is 2.65. The molecule has 0 spiro atoms. The molecule has 1 amide bonds. The third-order valence-corrected chi connectivity index (χ3v) is 5.42. The van der Waals surface area contributed by atoms with Crippen molar-refractivity contribution in [1.82, 2.24) is 0 Å². The van der Waals surface area contributed by atoms with Crippen LogP contribution in [-0.2, 0) is 0 Å². The SMILES string of the molecule is Cc1ccc(C(=O)N2c3ccccc3Sc3ccccc32)cc1[N+](=O)[O-]. The maximum atomic E-state index is 13.3. The smallest absolute Gasteiger partial charge is 0.273 e. The standard InChI is InChI=1S/C20H14N2O3S/c1-13-10-11-14(12-17(13)22(24)25)20(23)21-15-6-2-4-8-18(15)26-19-9-5-3-7-16(19)21/h2-12H,1H3. The molecule has 1 aliphatic rings. The zero-order valence-corrected chi connectivity index (χ0v) is 14.7. The van der Waals surface area contributed by atoms with Gasteiger partial charge in [-0.1, -0.05) is 42.1 Å². The predicted octanol–water partition coefficient (Wildman–Crippen LogP) is 5.35. The number of nitrogens with zero attached hydrogens (tertiary/aromatic N) is 2. The van der Waals surface area contributed by atoms with Gasteiger partial charge in [0.05, 0.1) is 16.3 Å². The number of hydrogen-bond acceptors (Lipinski definition) is 4. The highest BCUT2D eigenvalue weighted by molar-refractivity contribution is 7.99. The molecule has 1 aliphatic heterocycles. The van der Waals surface area contributed by atoms with Crippen LogP contribution in [0.2, 0.25) is 0 Å². The van der Waals surface area contributed by atoms with E-state index in [9.17, 15) is 14.9 Å². The number of carbonyl (C=O) groups excluding carboxylic acids is 1. The monoisotopic (exact) mass is 362 g/mol. The van der Waals surface area contributed by atoms with Crippen molar-refractivity contribution in [2.45, 2.75) is 16.7 Å². The maximum absolute atomic E-state index is 13.3. The number of nitro benzene ring substituents is 1. The Kier molecular flexibility index (Phi) is 3.97. The second kappa shape index (κ2) is 6.31. The fourth-order valence-corrected chi connectivity index (χ4v) is 4.05. The molecular weight excluding hydrogens is 348 g/mol. The molecule has 0 unspecified atom stereocenters. The fourth-order valence-electron chi connectivity index (χ4n) is 2.99. The minimum absolute atomic E-state index is 0.0520. The highest BCUT2D eigenvalue weighted by Gasteiger charge is 2.29. The van der Waals surface area contributed by atoms with Gasteiger partial charge >= 0.3 is 0 Å². The Balaban J connectivity index is 1.87. The Morgan fingerprint density at radius 3 is 2.12 bits per heavy atom. The molecule has 0 aliphatic carbocycles. The number of amides is 1. The van der Waals surface area contributed by atoms with Crippen molar-refractivity contribution >= 4 is 34.7 Å². The van der Waals surface area contributed by atoms with Crippen molar-refractivity contribution in [1.29, 1.82) is 0 Å². The van der Waals surface area contributed by atoms with E-state index in [0.717, 1.165) is 21.2 Å². The van der Waals surface area contributed by atoms with E-state index in [1.165, 1.54) is 6.07 Å². The lowest BCUT2D eigenvalue weighted by atomic mass is 10.1. The molecule has 0 N–H and O–H groups in total. The first-order valence-corrected chi connectivity index (χ1v) is 8.83. The van der Waals surface area contributed by atoms with Gasteiger partial charge in [-0.2, -0.15) is 0 Å². The normalized spacial score (nSPS) is 12.3. The molecule has 0 radical (unpaired) electrons. The van der Waals surface area contributed by atoms with Crippen LogP contribution >= 0.6 is 11.8 Å². The molecule has 0 aromatic heterocycles. The van der Waals surface area contributed by atoms with E-state index in [1.54, 1.807) is 35.7 Å². The molecule has 0 atom stereocenters. The number of para-hydroxylation sites is 2. The van der Waals surface area contributed by atoms with E-state index in [-0.39, 0.29) is 11.6 Å². The molecule has 4 rings (SSSR count). The molecule has 0 saturated carbocycles. The molecule has 0 bridgehead atoms. The molecule has 0 saturated heterocycles. The van der Waals surface area contributed by atoms with Crippen LogP contribution in [0.5, 0.6) is 0 Å². The molecule has 5 nitrogen and oxygen atoms in total. The molecule has 3 aromatic carbocycles. The minimum Gasteiger partial charge on any atom is -0.275 e. The first-order chi connectivity index (χ1) is 12.6. The number of fused-ring (bicyclic) bond motifs is 2. The quantitative estimate of drug-likeness (QED) is 0.455. The van der Waals surface area contributed by atoms with Crippen LogP contribution in [0.4, 0.5) is 17.1 Å². The van der Waals surface area contributed by atoms with Gasteiger partial charge in [0.2, 0.25) is 0 Å². The van der Waals surface area contributed by atoms with Crippen LogP contribution in [-0.4, -0.2) is 10.8 Å². The van der Waals surface area contributed by atoms with Crippen LogP contribution in [0.15, 0.2) is 76.5 Å². The summed E-state index contributed by atoms with van der Waals surface area (Å²) in [4.78, 5) is 27.7. The maximum Gasteiger partial charge on any atom is 0.273 e. The summed E-state index contributed by atoms with van der Waals surface area (Å²) in [5.41, 5.74) is 2.33. The highest BCUT2D eigenvalue weighted by atomic mass is 32.2. The Bertz CT molecular complexity index is 1000. The van der Waals surface area contributed by atoms with Crippen molar-refractivity contribution in [3.05, 3.63) is 88.0 Å². The second-order valence-electron chi connectivity index (χ2n) is 5.94. The predicted molar refractivity (Wildman–Crippen MR) is 101 cm³/mol. The van der Waals surface area contributed by atoms with Gasteiger partial charge in [0.25, 0.3) is 11.6 Å². The van der Waals surface area contributed by atoms with Gasteiger partial charge < -0.3 is 0 Å². The van der Waals surface area contributed by atoms with Gasteiger partial charge in [0.1, 0.15) is 0 Å². The number of benzene rings is 3. The van der Waals surface area contributed by atoms with Crippen LogP contribution in [0.1, 0.15) is 15.9 Å². The highest BCUT2D eigenvalue weighted by Crippen LogP contribution is 2.48. The summed E-state index contributed by atoms with van der Waals surface area (Å²) >= 11 is 1.61. The first kappa shape index (κ1) is 16.4. The van der Waals surface area contributed by atoms with Crippen LogP contribution < -0.4 is 4.90 Å². The summed E-state index contributed by atoms with van der Waals surface area (Å²) in [6, 6.07) is 19.9. The van der Waals surface area contributed by atoms with Crippen molar-refractivity contribution < 1.29 is 9.72 Å². The van der Waals surface area contributed by atoms with Crippen molar-refractivity contribution in [2.24, 2.45) is 0 Å². The summed E-state index contributed by atoms with van der Waals surface area (Å²) in [6.07, 6.45) is 0. The zero-order valence-electron chi connectivity index (χ0n) is 13.9. The summed E-state index contributed by atoms with van der Waals surface area (Å²) in [6.45, 7) is 1.66. The first-order valence-electron chi connectivity index (χ1n) is 8.01. The Morgan fingerprint density at radius 1 is 0.962 bits per heavy atom. The van der Waals surface area contributed by atoms with Gasteiger partial charge in [-0.15, -0.1) is 0 Å². The molecule has 3 aromatic rings. The van der Waals surface area contributed by atoms with E-state index in [4.69, 9.17) is 0 Å². The van der Waals surface area contributed by atoms with Gasteiger partial charge in [-0.05, 0) is 37.3 Å². The van der Waals surface area contributed by atoms with Crippen LogP contribution in [0, 0.1) is 17.0 Å². The summed E-state index contributed by atoms with van der Waals surface area (Å²) in [5.74, 6) is -0.284. The average molecular weight is 362 g/mol. The molecule has 26 heavy (non-hydrogen) atoms. The summed E-state index contributed by atoms with van der Waals surface area (Å²) in [7, 11) is 0. The topological polar surface area (TPSA) is 63.5 Å². The third kappa shape index (κ3) is 2.64. The van der Waals surface area contributed by atoms with Gasteiger partial charge in [-0.3, -0.25) is 19.8 Å². The number of hydrogen-bond donors (Lipinski definition) is 0. The number of rotatable bonds is 2. The van der Waals surface area contributed by atoms with E-state index < -0.39 is 4.92 Å².